The molecule has 0 spiro atoms. The van der Waals surface area contributed by atoms with E-state index in [9.17, 15) is 0 Å². The van der Waals surface area contributed by atoms with Crippen LogP contribution in [0.4, 0.5) is 0 Å². The van der Waals surface area contributed by atoms with Gasteiger partial charge in [-0.15, -0.1) is 24.0 Å². The normalized spacial score (nSPS) is 24.7. The molecule has 2 aliphatic rings. The fourth-order valence-corrected chi connectivity index (χ4v) is 4.32. The summed E-state index contributed by atoms with van der Waals surface area (Å²) >= 11 is 0. The van der Waals surface area contributed by atoms with Crippen LogP contribution < -0.4 is 10.6 Å². The molecule has 26 heavy (non-hydrogen) atoms. The van der Waals surface area contributed by atoms with Crippen LogP contribution in [0, 0.1) is 11.8 Å². The van der Waals surface area contributed by atoms with Crippen LogP contribution in [0.5, 0.6) is 0 Å². The van der Waals surface area contributed by atoms with Gasteiger partial charge in [-0.05, 0) is 64.2 Å². The number of halogens is 1. The van der Waals surface area contributed by atoms with Crippen molar-refractivity contribution in [3.05, 3.63) is 0 Å². The number of hydrogen-bond acceptors (Lipinski definition) is 3. The first-order chi connectivity index (χ1) is 12.1. The maximum absolute atomic E-state index is 4.45. The second-order valence-electron chi connectivity index (χ2n) is 8.37. The first-order valence-corrected chi connectivity index (χ1v) is 10.5. The Bertz CT molecular complexity index is 394. The van der Waals surface area contributed by atoms with Gasteiger partial charge in [0.05, 0.1) is 0 Å². The molecule has 2 unspecified atom stereocenters. The summed E-state index contributed by atoms with van der Waals surface area (Å²) in [6.45, 7) is 11.7. The molecule has 2 heterocycles. The van der Waals surface area contributed by atoms with Crippen LogP contribution in [0.25, 0.3) is 0 Å². The summed E-state index contributed by atoms with van der Waals surface area (Å²) in [5, 5.41) is 7.17. The highest BCUT2D eigenvalue weighted by atomic mass is 127. The van der Waals surface area contributed by atoms with Crippen LogP contribution in [-0.4, -0.2) is 75.2 Å². The van der Waals surface area contributed by atoms with Crippen LogP contribution in [0.2, 0.25) is 0 Å². The van der Waals surface area contributed by atoms with E-state index in [-0.39, 0.29) is 24.0 Å². The van der Waals surface area contributed by atoms with Crippen molar-refractivity contribution < 1.29 is 0 Å². The third-order valence-corrected chi connectivity index (χ3v) is 5.86. The van der Waals surface area contributed by atoms with Gasteiger partial charge in [-0.3, -0.25) is 9.89 Å². The molecule has 2 fully saturated rings. The molecule has 0 bridgehead atoms. The number of nitrogens with zero attached hydrogens (tertiary/aromatic N) is 3. The van der Waals surface area contributed by atoms with Crippen LogP contribution in [0.15, 0.2) is 4.99 Å². The van der Waals surface area contributed by atoms with Gasteiger partial charge < -0.3 is 15.5 Å². The minimum absolute atomic E-state index is 0. The number of rotatable bonds is 6. The van der Waals surface area contributed by atoms with Crippen molar-refractivity contribution in [2.45, 2.75) is 58.4 Å². The van der Waals surface area contributed by atoms with Crippen molar-refractivity contribution in [3.8, 4) is 0 Å². The fourth-order valence-electron chi connectivity index (χ4n) is 4.32. The largest absolute Gasteiger partial charge is 0.356 e. The van der Waals surface area contributed by atoms with Crippen LogP contribution >= 0.6 is 24.0 Å². The minimum Gasteiger partial charge on any atom is -0.356 e. The molecule has 2 saturated heterocycles. The van der Waals surface area contributed by atoms with Gasteiger partial charge >= 0.3 is 0 Å². The smallest absolute Gasteiger partial charge is 0.191 e. The second-order valence-corrected chi connectivity index (χ2v) is 8.37. The zero-order valence-corrected chi connectivity index (χ0v) is 19.8. The van der Waals surface area contributed by atoms with E-state index in [2.05, 4.69) is 46.3 Å². The van der Waals surface area contributed by atoms with Crippen molar-refractivity contribution in [3.63, 3.8) is 0 Å². The average molecular weight is 479 g/mol. The maximum Gasteiger partial charge on any atom is 0.191 e. The molecule has 0 aromatic heterocycles. The predicted octanol–water partition coefficient (Wildman–Crippen LogP) is 3.01. The summed E-state index contributed by atoms with van der Waals surface area (Å²) in [7, 11) is 4.12. The molecular weight excluding hydrogens is 437 g/mol. The summed E-state index contributed by atoms with van der Waals surface area (Å²) in [6.07, 6.45) is 8.15. The Hall–Kier alpha value is -0.0800. The number of aliphatic imine (C=N–C) groups is 1. The van der Waals surface area contributed by atoms with Crippen molar-refractivity contribution in [1.82, 2.24) is 20.4 Å². The quantitative estimate of drug-likeness (QED) is 0.349. The van der Waals surface area contributed by atoms with E-state index < -0.39 is 0 Å². The Balaban J connectivity index is 0.00000338. The molecule has 0 amide bonds. The monoisotopic (exact) mass is 479 g/mol. The Morgan fingerprint density at radius 1 is 1.04 bits per heavy atom. The molecular formula is C20H42IN5. The number of guanidine groups is 1. The maximum atomic E-state index is 4.45. The molecule has 0 aromatic carbocycles. The molecule has 0 radical (unpaired) electrons. The average Bonchev–Trinajstić information content (AvgIpc) is 2.87. The van der Waals surface area contributed by atoms with Gasteiger partial charge in [0.25, 0.3) is 0 Å². The zero-order valence-electron chi connectivity index (χ0n) is 17.5. The van der Waals surface area contributed by atoms with Gasteiger partial charge in [0.2, 0.25) is 0 Å². The molecule has 0 aromatic rings. The summed E-state index contributed by atoms with van der Waals surface area (Å²) < 4.78 is 0. The third kappa shape index (κ3) is 8.30. The number of hydrogen-bond donors (Lipinski definition) is 2. The van der Waals surface area contributed by atoms with E-state index in [1.807, 2.05) is 7.05 Å². The fraction of sp³-hybridized carbons (Fsp3) is 0.950. The number of piperidine rings is 1. The van der Waals surface area contributed by atoms with Gasteiger partial charge in [0, 0.05) is 32.7 Å². The van der Waals surface area contributed by atoms with Crippen LogP contribution in [-0.2, 0) is 0 Å². The van der Waals surface area contributed by atoms with E-state index in [1.54, 1.807) is 0 Å². The molecule has 0 aliphatic carbocycles. The van der Waals surface area contributed by atoms with E-state index in [0.717, 1.165) is 25.0 Å². The van der Waals surface area contributed by atoms with E-state index in [4.69, 9.17) is 0 Å². The van der Waals surface area contributed by atoms with Gasteiger partial charge in [0.15, 0.2) is 5.96 Å². The van der Waals surface area contributed by atoms with Crippen LogP contribution in [0.1, 0.15) is 52.4 Å². The van der Waals surface area contributed by atoms with Gasteiger partial charge in [0.1, 0.15) is 0 Å². The van der Waals surface area contributed by atoms with Gasteiger partial charge in [-0.25, -0.2) is 0 Å². The molecule has 5 nitrogen and oxygen atoms in total. The summed E-state index contributed by atoms with van der Waals surface area (Å²) in [4.78, 5) is 9.60. The highest BCUT2D eigenvalue weighted by Gasteiger charge is 2.23. The van der Waals surface area contributed by atoms with Crippen LogP contribution in [0.3, 0.4) is 0 Å². The Morgan fingerprint density at radius 3 is 2.31 bits per heavy atom. The van der Waals surface area contributed by atoms with E-state index >= 15 is 0 Å². The summed E-state index contributed by atoms with van der Waals surface area (Å²) in [5.41, 5.74) is 0. The molecule has 2 rings (SSSR count). The first kappa shape index (κ1) is 24.0. The highest BCUT2D eigenvalue weighted by Crippen LogP contribution is 2.17. The van der Waals surface area contributed by atoms with Crippen molar-refractivity contribution in [2.75, 3.05) is 53.4 Å². The number of nitrogens with one attached hydrogen (secondary N) is 2. The van der Waals surface area contributed by atoms with Crippen molar-refractivity contribution >= 4 is 29.9 Å². The van der Waals surface area contributed by atoms with Crippen molar-refractivity contribution in [1.29, 1.82) is 0 Å². The third-order valence-electron chi connectivity index (χ3n) is 5.86. The number of likely N-dealkylation sites (tertiary alicyclic amines) is 2. The Kier molecular flexibility index (Phi) is 12.1. The van der Waals surface area contributed by atoms with E-state index in [0.29, 0.717) is 12.0 Å². The lowest BCUT2D eigenvalue weighted by molar-refractivity contribution is 0.161. The van der Waals surface area contributed by atoms with E-state index in [1.165, 1.54) is 64.7 Å². The SMILES string of the molecule is CN=C(NCC1CCCN(C)C1)NCC(C(C)C)N1CCCCCC1.I. The molecule has 2 atom stereocenters. The standard InChI is InChI=1S/C20H41N5.HI/c1-17(2)19(25-12-7-5-6-8-13-25)15-23-20(21-3)22-14-18-10-9-11-24(4)16-18;/h17-19H,5-16H2,1-4H3,(H2,21,22,23);1H. The Labute approximate surface area is 178 Å². The Morgan fingerprint density at radius 2 is 1.73 bits per heavy atom. The van der Waals surface area contributed by atoms with Crippen molar-refractivity contribution in [2.24, 2.45) is 16.8 Å². The lowest BCUT2D eigenvalue weighted by Gasteiger charge is -2.34. The van der Waals surface area contributed by atoms with Gasteiger partial charge in [-0.2, -0.15) is 0 Å². The molecule has 2 aliphatic heterocycles. The topological polar surface area (TPSA) is 42.9 Å². The highest BCUT2D eigenvalue weighted by molar-refractivity contribution is 14.0. The molecule has 2 N–H and O–H groups in total. The molecule has 0 saturated carbocycles. The first-order valence-electron chi connectivity index (χ1n) is 10.5. The second kappa shape index (κ2) is 13.2. The molecule has 6 heteroatoms. The van der Waals surface area contributed by atoms with Gasteiger partial charge in [-0.1, -0.05) is 26.7 Å². The zero-order chi connectivity index (χ0) is 18.1. The molecule has 154 valence electrons. The minimum atomic E-state index is 0. The lowest BCUT2D eigenvalue weighted by Crippen LogP contribution is -2.50. The summed E-state index contributed by atoms with van der Waals surface area (Å²) in [6, 6.07) is 0.595. The predicted molar refractivity (Wildman–Crippen MR) is 124 cm³/mol. The lowest BCUT2D eigenvalue weighted by atomic mass is 9.98. The summed E-state index contributed by atoms with van der Waals surface area (Å²) in [5.74, 6) is 2.37.